The monoisotopic (exact) mass is 449 g/mol. The lowest BCUT2D eigenvalue weighted by Gasteiger charge is -2.42. The summed E-state index contributed by atoms with van der Waals surface area (Å²) in [5, 5.41) is 0. The molecule has 2 atom stereocenters. The molecule has 3 aliphatic heterocycles. The van der Waals surface area contributed by atoms with Gasteiger partial charge in [-0.3, -0.25) is 14.6 Å². The molecule has 0 bridgehead atoms. The van der Waals surface area contributed by atoms with Crippen LogP contribution < -0.4 is 0 Å². The maximum absolute atomic E-state index is 13.9. The topological polar surface area (TPSA) is 72.0 Å². The van der Waals surface area contributed by atoms with Gasteiger partial charge in [-0.05, 0) is 36.5 Å². The van der Waals surface area contributed by atoms with Crippen molar-refractivity contribution in [2.45, 2.75) is 30.8 Å². The second kappa shape index (κ2) is 9.61. The Labute approximate surface area is 194 Å². The third-order valence-corrected chi connectivity index (χ3v) is 7.19. The van der Waals surface area contributed by atoms with Gasteiger partial charge in [0.2, 0.25) is 5.91 Å². The van der Waals surface area contributed by atoms with Crippen molar-refractivity contribution in [3.63, 3.8) is 0 Å². The van der Waals surface area contributed by atoms with E-state index in [1.165, 1.54) is 0 Å². The predicted molar refractivity (Wildman–Crippen MR) is 123 cm³/mol. The van der Waals surface area contributed by atoms with Crippen LogP contribution in [0.5, 0.6) is 0 Å². The van der Waals surface area contributed by atoms with Crippen molar-refractivity contribution in [3.8, 4) is 0 Å². The van der Waals surface area contributed by atoms with Crippen LogP contribution in [0.25, 0.3) is 0 Å². The molecule has 7 heteroatoms. The molecule has 3 aliphatic rings. The second-order valence-electron chi connectivity index (χ2n) is 9.28. The number of benzene rings is 1. The highest BCUT2D eigenvalue weighted by atomic mass is 16.5. The number of aromatic nitrogens is 1. The van der Waals surface area contributed by atoms with E-state index in [4.69, 9.17) is 9.47 Å². The van der Waals surface area contributed by atoms with Crippen molar-refractivity contribution in [1.29, 1.82) is 0 Å². The molecule has 0 radical (unpaired) electrons. The largest absolute Gasteiger partial charge is 0.381 e. The molecule has 0 saturated carbocycles. The number of rotatable bonds is 5. The zero-order valence-corrected chi connectivity index (χ0v) is 18.9. The van der Waals surface area contributed by atoms with Gasteiger partial charge in [-0.25, -0.2) is 0 Å². The third kappa shape index (κ3) is 4.52. The Kier molecular flexibility index (Phi) is 6.42. The fourth-order valence-electron chi connectivity index (χ4n) is 5.39. The van der Waals surface area contributed by atoms with Gasteiger partial charge in [0.05, 0.1) is 19.6 Å². The number of amides is 2. The summed E-state index contributed by atoms with van der Waals surface area (Å²) in [5.74, 6) is 0.327. The molecule has 2 amide bonds. The number of hydrogen-bond donors (Lipinski definition) is 0. The van der Waals surface area contributed by atoms with E-state index in [1.54, 1.807) is 11.1 Å². The van der Waals surface area contributed by atoms with E-state index in [0.717, 1.165) is 43.9 Å². The SMILES string of the molecule is O=C(Cc1ccccn1)N1CCOC2(C1)C(=O)N(CC1CCOCC1)CC2c1ccccc1. The molecule has 7 nitrogen and oxygen atoms in total. The summed E-state index contributed by atoms with van der Waals surface area (Å²) in [6.45, 7) is 3.97. The van der Waals surface area contributed by atoms with E-state index >= 15 is 0 Å². The van der Waals surface area contributed by atoms with E-state index in [2.05, 4.69) is 17.1 Å². The average Bonchev–Trinajstić information content (AvgIpc) is 3.11. The lowest BCUT2D eigenvalue weighted by Crippen LogP contribution is -2.60. The van der Waals surface area contributed by atoms with Crippen molar-refractivity contribution >= 4 is 11.8 Å². The molecule has 174 valence electrons. The van der Waals surface area contributed by atoms with Gasteiger partial charge < -0.3 is 19.3 Å². The van der Waals surface area contributed by atoms with Gasteiger partial charge in [0.15, 0.2) is 5.60 Å². The molecule has 1 spiro atoms. The number of carbonyl (C=O) groups excluding carboxylic acids is 2. The third-order valence-electron chi connectivity index (χ3n) is 7.19. The minimum absolute atomic E-state index is 0.0122. The molecular weight excluding hydrogens is 418 g/mol. The van der Waals surface area contributed by atoms with Crippen LogP contribution in [0.4, 0.5) is 0 Å². The minimum atomic E-state index is -1.04. The number of morpholine rings is 1. The fraction of sp³-hybridized carbons (Fsp3) is 0.500. The van der Waals surface area contributed by atoms with Crippen LogP contribution in [-0.2, 0) is 25.5 Å². The van der Waals surface area contributed by atoms with Gasteiger partial charge in [0.1, 0.15) is 0 Å². The van der Waals surface area contributed by atoms with Gasteiger partial charge in [-0.1, -0.05) is 36.4 Å². The Bertz CT molecular complexity index is 964. The fourth-order valence-corrected chi connectivity index (χ4v) is 5.39. The molecule has 2 unspecified atom stereocenters. The summed E-state index contributed by atoms with van der Waals surface area (Å²) >= 11 is 0. The number of likely N-dealkylation sites (tertiary alicyclic amines) is 1. The molecule has 1 aromatic heterocycles. The molecular formula is C26H31N3O4. The lowest BCUT2D eigenvalue weighted by atomic mass is 9.83. The molecule has 3 fully saturated rings. The van der Waals surface area contributed by atoms with E-state index in [1.807, 2.05) is 41.3 Å². The Hall–Kier alpha value is -2.77. The van der Waals surface area contributed by atoms with Crippen molar-refractivity contribution in [1.82, 2.24) is 14.8 Å². The summed E-state index contributed by atoms with van der Waals surface area (Å²) in [6, 6.07) is 15.7. The number of carbonyl (C=O) groups is 2. The van der Waals surface area contributed by atoms with E-state index < -0.39 is 5.60 Å². The lowest BCUT2D eigenvalue weighted by molar-refractivity contribution is -0.167. The van der Waals surface area contributed by atoms with Gasteiger partial charge >= 0.3 is 0 Å². The molecule has 33 heavy (non-hydrogen) atoms. The summed E-state index contributed by atoms with van der Waals surface area (Å²) in [5.41, 5.74) is 0.783. The quantitative estimate of drug-likeness (QED) is 0.700. The number of ether oxygens (including phenoxy) is 2. The predicted octanol–water partition coefficient (Wildman–Crippen LogP) is 2.27. The van der Waals surface area contributed by atoms with E-state index in [-0.39, 0.29) is 30.7 Å². The average molecular weight is 450 g/mol. The first-order valence-corrected chi connectivity index (χ1v) is 11.9. The summed E-state index contributed by atoms with van der Waals surface area (Å²) < 4.78 is 11.8. The Morgan fingerprint density at radius 3 is 2.61 bits per heavy atom. The number of pyridine rings is 1. The highest BCUT2D eigenvalue weighted by molar-refractivity contribution is 5.91. The van der Waals surface area contributed by atoms with Gasteiger partial charge in [-0.2, -0.15) is 0 Å². The van der Waals surface area contributed by atoms with Crippen molar-refractivity contribution < 1.29 is 19.1 Å². The van der Waals surface area contributed by atoms with Crippen LogP contribution >= 0.6 is 0 Å². The molecule has 0 N–H and O–H groups in total. The van der Waals surface area contributed by atoms with Crippen LogP contribution in [-0.4, -0.2) is 78.2 Å². The second-order valence-corrected chi connectivity index (χ2v) is 9.28. The van der Waals surface area contributed by atoms with Crippen LogP contribution in [0.1, 0.15) is 30.0 Å². The highest BCUT2D eigenvalue weighted by Gasteiger charge is 2.58. The molecule has 3 saturated heterocycles. The zero-order valence-electron chi connectivity index (χ0n) is 18.9. The first-order chi connectivity index (χ1) is 16.2. The highest BCUT2D eigenvalue weighted by Crippen LogP contribution is 2.42. The van der Waals surface area contributed by atoms with Crippen molar-refractivity contribution in [3.05, 3.63) is 66.0 Å². The minimum Gasteiger partial charge on any atom is -0.381 e. The van der Waals surface area contributed by atoms with Gasteiger partial charge in [0.25, 0.3) is 5.91 Å². The smallest absolute Gasteiger partial charge is 0.257 e. The first-order valence-electron chi connectivity index (χ1n) is 11.9. The Morgan fingerprint density at radius 2 is 1.85 bits per heavy atom. The van der Waals surface area contributed by atoms with Gasteiger partial charge in [-0.15, -0.1) is 0 Å². The Balaban J connectivity index is 1.39. The molecule has 5 rings (SSSR count). The maximum atomic E-state index is 13.9. The standard InChI is InChI=1S/C26H31N3O4/c30-24(16-22-8-4-5-11-27-22)28-12-15-33-26(19-28)23(21-6-2-1-3-7-21)18-29(25(26)31)17-20-9-13-32-14-10-20/h1-8,11,20,23H,9-10,12-19H2. The van der Waals surface area contributed by atoms with Crippen LogP contribution in [0, 0.1) is 5.92 Å². The normalized spacial score (nSPS) is 26.2. The summed E-state index contributed by atoms with van der Waals surface area (Å²) in [4.78, 5) is 35.1. The number of hydrogen-bond acceptors (Lipinski definition) is 5. The maximum Gasteiger partial charge on any atom is 0.257 e. The van der Waals surface area contributed by atoms with Crippen molar-refractivity contribution in [2.75, 3.05) is 46.0 Å². The number of nitrogens with zero attached hydrogens (tertiary/aromatic N) is 3. The Morgan fingerprint density at radius 1 is 1.06 bits per heavy atom. The summed E-state index contributed by atoms with van der Waals surface area (Å²) in [6.07, 6.45) is 3.88. The van der Waals surface area contributed by atoms with Crippen LogP contribution in [0.2, 0.25) is 0 Å². The zero-order chi connectivity index (χ0) is 22.7. The molecule has 1 aromatic carbocycles. The molecule has 0 aliphatic carbocycles. The van der Waals surface area contributed by atoms with Crippen molar-refractivity contribution in [2.24, 2.45) is 5.92 Å². The van der Waals surface area contributed by atoms with E-state index in [9.17, 15) is 9.59 Å². The first kappa shape index (κ1) is 22.0. The summed E-state index contributed by atoms with van der Waals surface area (Å²) in [7, 11) is 0. The molecule has 2 aromatic rings. The van der Waals surface area contributed by atoms with E-state index in [0.29, 0.717) is 25.6 Å². The van der Waals surface area contributed by atoms with Gasteiger partial charge in [0, 0.05) is 50.7 Å². The van der Waals surface area contributed by atoms with Crippen LogP contribution in [0.3, 0.4) is 0 Å². The van der Waals surface area contributed by atoms with Crippen LogP contribution in [0.15, 0.2) is 54.7 Å². The molecule has 4 heterocycles.